The summed E-state index contributed by atoms with van der Waals surface area (Å²) < 4.78 is 33.0. The molecule has 1 aromatic carbocycles. The van der Waals surface area contributed by atoms with Crippen LogP contribution in [0.3, 0.4) is 0 Å². The first-order chi connectivity index (χ1) is 13.6. The van der Waals surface area contributed by atoms with E-state index in [0.717, 1.165) is 27.3 Å². The van der Waals surface area contributed by atoms with Crippen molar-refractivity contribution in [3.63, 3.8) is 0 Å². The predicted molar refractivity (Wildman–Crippen MR) is 110 cm³/mol. The number of aromatic nitrogens is 3. The lowest BCUT2D eigenvalue weighted by atomic mass is 10.1. The Balaban J connectivity index is 2.15. The van der Waals surface area contributed by atoms with E-state index in [4.69, 9.17) is 10.00 Å². The first-order valence-electron chi connectivity index (χ1n) is 8.75. The second-order valence-corrected chi connectivity index (χ2v) is 8.85. The molecule has 0 aliphatic carbocycles. The van der Waals surface area contributed by atoms with Crippen LogP contribution in [0.15, 0.2) is 36.8 Å². The van der Waals surface area contributed by atoms with E-state index in [2.05, 4.69) is 9.97 Å². The third kappa shape index (κ3) is 4.22. The zero-order chi connectivity index (χ0) is 21.3. The smallest absolute Gasteiger partial charge is 0.246 e. The maximum absolute atomic E-state index is 12.1. The highest BCUT2D eigenvalue weighted by Crippen LogP contribution is 2.35. The second-order valence-electron chi connectivity index (χ2n) is 6.83. The van der Waals surface area contributed by atoms with Gasteiger partial charge in [-0.2, -0.15) is 10.2 Å². The van der Waals surface area contributed by atoms with Gasteiger partial charge < -0.3 is 4.74 Å². The number of sulfonamides is 1. The van der Waals surface area contributed by atoms with Crippen molar-refractivity contribution in [2.45, 2.75) is 20.8 Å². The lowest BCUT2D eigenvalue weighted by molar-refractivity contribution is 0.456. The number of nitriles is 1. The number of anilines is 1. The number of hydrogen-bond donors (Lipinski definition) is 0. The molecule has 150 valence electrons. The van der Waals surface area contributed by atoms with Crippen LogP contribution in [0.5, 0.6) is 11.6 Å². The summed E-state index contributed by atoms with van der Waals surface area (Å²) in [6, 6.07) is 9.19. The topological polar surface area (TPSA) is 101 Å². The summed E-state index contributed by atoms with van der Waals surface area (Å²) in [7, 11) is -2.08. The summed E-state index contributed by atoms with van der Waals surface area (Å²) in [6.07, 6.45) is 4.11. The Bertz CT molecular complexity index is 1200. The van der Waals surface area contributed by atoms with Crippen molar-refractivity contribution in [1.29, 1.82) is 5.26 Å². The molecule has 0 radical (unpaired) electrons. The minimum atomic E-state index is -3.52. The van der Waals surface area contributed by atoms with Gasteiger partial charge in [-0.3, -0.25) is 8.87 Å². The van der Waals surface area contributed by atoms with Crippen LogP contribution in [0.1, 0.15) is 22.4 Å². The number of aryl methyl sites for hydroxylation is 3. The Labute approximate surface area is 170 Å². The quantitative estimate of drug-likeness (QED) is 0.639. The van der Waals surface area contributed by atoms with Crippen LogP contribution >= 0.6 is 0 Å². The highest BCUT2D eigenvalue weighted by molar-refractivity contribution is 7.92. The molecule has 0 fully saturated rings. The van der Waals surface area contributed by atoms with Crippen LogP contribution in [0.4, 0.5) is 5.69 Å². The number of ether oxygens (including phenoxy) is 1. The van der Waals surface area contributed by atoms with Crippen LogP contribution in [-0.4, -0.2) is 36.3 Å². The van der Waals surface area contributed by atoms with Crippen molar-refractivity contribution in [1.82, 2.24) is 14.5 Å². The zero-order valence-electron chi connectivity index (χ0n) is 16.8. The Hall–Kier alpha value is -3.38. The van der Waals surface area contributed by atoms with Crippen LogP contribution in [0.2, 0.25) is 0 Å². The normalized spacial score (nSPS) is 11.2. The van der Waals surface area contributed by atoms with Gasteiger partial charge in [-0.15, -0.1) is 0 Å². The van der Waals surface area contributed by atoms with Gasteiger partial charge in [0.25, 0.3) is 0 Å². The molecule has 0 aliphatic rings. The zero-order valence-corrected chi connectivity index (χ0v) is 17.6. The predicted octanol–water partition coefficient (Wildman–Crippen LogP) is 3.25. The van der Waals surface area contributed by atoms with Gasteiger partial charge in [-0.05, 0) is 44.0 Å². The van der Waals surface area contributed by atoms with Crippen LogP contribution in [0.25, 0.3) is 5.82 Å². The molecule has 0 aliphatic heterocycles. The largest absolute Gasteiger partial charge is 0.436 e. The SMILES string of the molecule is Cc1cc(C)c(Oc2nc(-n3cnc(C#N)c3)ccc2N(C)S(C)(=O)=O)c(C)c1. The van der Waals surface area contributed by atoms with Gasteiger partial charge in [-0.25, -0.2) is 13.4 Å². The van der Waals surface area contributed by atoms with Crippen molar-refractivity contribution in [2.75, 3.05) is 17.6 Å². The summed E-state index contributed by atoms with van der Waals surface area (Å²) in [5.74, 6) is 1.20. The Morgan fingerprint density at radius 2 is 1.83 bits per heavy atom. The fourth-order valence-electron chi connectivity index (χ4n) is 2.99. The molecule has 0 amide bonds. The number of imidazole rings is 1. The summed E-state index contributed by atoms with van der Waals surface area (Å²) in [5.41, 5.74) is 3.48. The first kappa shape index (κ1) is 20.4. The van der Waals surface area contributed by atoms with Crippen molar-refractivity contribution in [3.05, 3.63) is 59.2 Å². The molecule has 0 saturated carbocycles. The summed E-state index contributed by atoms with van der Waals surface area (Å²) in [5, 5.41) is 8.99. The van der Waals surface area contributed by atoms with E-state index >= 15 is 0 Å². The van der Waals surface area contributed by atoms with E-state index in [1.165, 1.54) is 19.6 Å². The average Bonchev–Trinajstić information content (AvgIpc) is 3.12. The molecular formula is C20H21N5O3S. The Kier molecular flexibility index (Phi) is 5.31. The maximum Gasteiger partial charge on any atom is 0.246 e. The lowest BCUT2D eigenvalue weighted by Crippen LogP contribution is -2.25. The molecule has 0 N–H and O–H groups in total. The van der Waals surface area contributed by atoms with E-state index in [1.54, 1.807) is 16.7 Å². The third-order valence-corrected chi connectivity index (χ3v) is 5.62. The highest BCUT2D eigenvalue weighted by Gasteiger charge is 2.21. The molecule has 2 heterocycles. The maximum atomic E-state index is 12.1. The molecule has 0 bridgehead atoms. The fraction of sp³-hybridized carbons (Fsp3) is 0.250. The highest BCUT2D eigenvalue weighted by atomic mass is 32.2. The minimum absolute atomic E-state index is 0.137. The molecule has 3 aromatic rings. The van der Waals surface area contributed by atoms with Gasteiger partial charge in [0, 0.05) is 13.2 Å². The molecule has 29 heavy (non-hydrogen) atoms. The molecule has 9 heteroatoms. The van der Waals surface area contributed by atoms with Gasteiger partial charge in [0.1, 0.15) is 29.7 Å². The summed E-state index contributed by atoms with van der Waals surface area (Å²) >= 11 is 0. The number of benzene rings is 1. The first-order valence-corrected chi connectivity index (χ1v) is 10.6. The minimum Gasteiger partial charge on any atom is -0.436 e. The number of nitrogens with zero attached hydrogens (tertiary/aromatic N) is 5. The molecule has 0 unspecified atom stereocenters. The van der Waals surface area contributed by atoms with Gasteiger partial charge in [-0.1, -0.05) is 17.7 Å². The van der Waals surface area contributed by atoms with Crippen molar-refractivity contribution in [3.8, 4) is 23.5 Å². The number of rotatable bonds is 5. The monoisotopic (exact) mass is 411 g/mol. The Morgan fingerprint density at radius 1 is 1.17 bits per heavy atom. The third-order valence-electron chi connectivity index (χ3n) is 4.43. The van der Waals surface area contributed by atoms with Crippen molar-refractivity contribution >= 4 is 15.7 Å². The summed E-state index contributed by atoms with van der Waals surface area (Å²) in [4.78, 5) is 8.48. The van der Waals surface area contributed by atoms with E-state index in [9.17, 15) is 8.42 Å². The molecular weight excluding hydrogens is 390 g/mol. The molecule has 0 atom stereocenters. The fourth-order valence-corrected chi connectivity index (χ4v) is 3.49. The Morgan fingerprint density at radius 3 is 2.38 bits per heavy atom. The van der Waals surface area contributed by atoms with Crippen LogP contribution < -0.4 is 9.04 Å². The van der Waals surface area contributed by atoms with Crippen LogP contribution in [-0.2, 0) is 10.0 Å². The van der Waals surface area contributed by atoms with E-state index in [-0.39, 0.29) is 11.6 Å². The van der Waals surface area contributed by atoms with Crippen molar-refractivity contribution in [2.24, 2.45) is 0 Å². The molecule has 0 spiro atoms. The standard InChI is InChI=1S/C20H21N5O3S/c1-13-8-14(2)19(15(3)9-13)28-20-17(24(4)29(5,26)27)6-7-18(23-20)25-11-16(10-21)22-12-25/h6-9,11-12H,1-5H3. The molecule has 2 aromatic heterocycles. The number of pyridine rings is 1. The summed E-state index contributed by atoms with van der Waals surface area (Å²) in [6.45, 7) is 5.85. The van der Waals surface area contributed by atoms with Crippen LogP contribution in [0, 0.1) is 32.1 Å². The molecule has 0 saturated heterocycles. The van der Waals surface area contributed by atoms with Crippen molar-refractivity contribution < 1.29 is 13.2 Å². The van der Waals surface area contributed by atoms with E-state index < -0.39 is 10.0 Å². The van der Waals surface area contributed by atoms with Gasteiger partial charge in [0.2, 0.25) is 15.9 Å². The van der Waals surface area contributed by atoms with E-state index in [0.29, 0.717) is 17.3 Å². The molecule has 3 rings (SSSR count). The lowest BCUT2D eigenvalue weighted by Gasteiger charge is -2.21. The number of hydrogen-bond acceptors (Lipinski definition) is 6. The second kappa shape index (κ2) is 7.56. The van der Waals surface area contributed by atoms with E-state index in [1.807, 2.05) is 39.0 Å². The molecule has 8 nitrogen and oxygen atoms in total. The average molecular weight is 411 g/mol. The van der Waals surface area contributed by atoms with Gasteiger partial charge >= 0.3 is 0 Å². The van der Waals surface area contributed by atoms with Gasteiger partial charge in [0.05, 0.1) is 6.26 Å². The van der Waals surface area contributed by atoms with Gasteiger partial charge in [0.15, 0.2) is 5.69 Å².